The van der Waals surface area contributed by atoms with Crippen molar-refractivity contribution in [2.75, 3.05) is 7.11 Å². The van der Waals surface area contributed by atoms with Crippen molar-refractivity contribution in [1.82, 2.24) is 5.32 Å². The molecule has 0 saturated carbocycles. The Balaban J connectivity index is 2.59. The summed E-state index contributed by atoms with van der Waals surface area (Å²) < 4.78 is 18.4. The molecule has 0 aromatic heterocycles. The Morgan fingerprint density at radius 3 is 1.79 bits per heavy atom. The number of ether oxygens (including phenoxy) is 1. The van der Waals surface area contributed by atoms with Crippen LogP contribution in [0.2, 0.25) is 36.3 Å². The van der Waals surface area contributed by atoms with Crippen molar-refractivity contribution in [2.24, 2.45) is 0 Å². The standard InChI is InChI=1S/C30H45NO6Si2/c1-28(2,3)38(8,9)36-24-18-17-22(19-25(24)37-39(10,11)29(4,5)6)20-30(21-32,27(34)35-7)31-26(33)23-15-13-12-14-16-23/h12-19,21H,20H2,1-11H3,(H,31,33)/t30-/m1/s1. The number of benzene rings is 2. The number of esters is 1. The second kappa shape index (κ2) is 11.7. The van der Waals surface area contributed by atoms with Crippen LogP contribution in [-0.4, -0.2) is 47.4 Å². The number of rotatable bonds is 10. The van der Waals surface area contributed by atoms with Gasteiger partial charge < -0.3 is 23.7 Å². The Bertz CT molecular complexity index is 1180. The number of amides is 1. The fourth-order valence-corrected chi connectivity index (χ4v) is 5.38. The molecule has 214 valence electrons. The summed E-state index contributed by atoms with van der Waals surface area (Å²) in [5, 5.41) is 2.52. The molecule has 0 aliphatic heterocycles. The summed E-state index contributed by atoms with van der Waals surface area (Å²) in [6, 6.07) is 13.9. The maximum absolute atomic E-state index is 13.0. The number of hydrogen-bond acceptors (Lipinski definition) is 6. The van der Waals surface area contributed by atoms with Gasteiger partial charge in [0.15, 0.2) is 11.8 Å². The van der Waals surface area contributed by atoms with E-state index in [9.17, 15) is 14.4 Å². The second-order valence-electron chi connectivity index (χ2n) is 13.1. The van der Waals surface area contributed by atoms with Gasteiger partial charge in [0.25, 0.3) is 22.5 Å². The van der Waals surface area contributed by atoms with Gasteiger partial charge in [-0.25, -0.2) is 4.79 Å². The third-order valence-electron chi connectivity index (χ3n) is 7.96. The Kier molecular flexibility index (Phi) is 9.67. The van der Waals surface area contributed by atoms with E-state index in [4.69, 9.17) is 13.6 Å². The molecule has 1 N–H and O–H groups in total. The van der Waals surface area contributed by atoms with Crippen LogP contribution in [0.5, 0.6) is 11.5 Å². The first-order valence-electron chi connectivity index (χ1n) is 13.2. The topological polar surface area (TPSA) is 90.9 Å². The van der Waals surface area contributed by atoms with Gasteiger partial charge in [-0.1, -0.05) is 65.8 Å². The average molecular weight is 572 g/mol. The summed E-state index contributed by atoms with van der Waals surface area (Å²) in [6.07, 6.45) is 0.323. The molecular weight excluding hydrogens is 527 g/mol. The summed E-state index contributed by atoms with van der Waals surface area (Å²) in [7, 11) is -3.30. The van der Waals surface area contributed by atoms with Gasteiger partial charge in [0, 0.05) is 12.0 Å². The minimum absolute atomic E-state index is 0.0286. The van der Waals surface area contributed by atoms with Gasteiger partial charge in [0.2, 0.25) is 0 Å². The summed E-state index contributed by atoms with van der Waals surface area (Å²) >= 11 is 0. The summed E-state index contributed by atoms with van der Waals surface area (Å²) in [5.41, 5.74) is -0.970. The van der Waals surface area contributed by atoms with Crippen LogP contribution in [0.4, 0.5) is 0 Å². The van der Waals surface area contributed by atoms with Crippen LogP contribution in [-0.2, 0) is 20.7 Å². The van der Waals surface area contributed by atoms with Gasteiger partial charge in [-0.05, 0) is 66.1 Å². The van der Waals surface area contributed by atoms with Gasteiger partial charge >= 0.3 is 5.97 Å². The molecule has 39 heavy (non-hydrogen) atoms. The molecule has 0 aliphatic carbocycles. The van der Waals surface area contributed by atoms with E-state index in [1.54, 1.807) is 36.4 Å². The molecule has 0 fully saturated rings. The molecule has 0 bridgehead atoms. The molecule has 1 amide bonds. The van der Waals surface area contributed by atoms with Gasteiger partial charge in [0.05, 0.1) is 7.11 Å². The van der Waals surface area contributed by atoms with Crippen molar-refractivity contribution in [2.45, 2.75) is 89.8 Å². The lowest BCUT2D eigenvalue weighted by atomic mass is 9.91. The van der Waals surface area contributed by atoms with Crippen molar-refractivity contribution in [3.05, 3.63) is 59.7 Å². The molecule has 7 nitrogen and oxygen atoms in total. The molecule has 2 aromatic rings. The highest BCUT2D eigenvalue weighted by atomic mass is 28.4. The molecule has 0 unspecified atom stereocenters. The van der Waals surface area contributed by atoms with Crippen LogP contribution in [0.3, 0.4) is 0 Å². The smallest absolute Gasteiger partial charge is 0.339 e. The van der Waals surface area contributed by atoms with Crippen molar-refractivity contribution in [3.8, 4) is 11.5 Å². The highest BCUT2D eigenvalue weighted by Crippen LogP contribution is 2.44. The Labute approximate surface area is 235 Å². The van der Waals surface area contributed by atoms with Crippen molar-refractivity contribution in [3.63, 3.8) is 0 Å². The number of nitrogens with one attached hydrogen (secondary N) is 1. The number of aldehydes is 1. The molecule has 0 heterocycles. The third-order valence-corrected chi connectivity index (χ3v) is 16.6. The third kappa shape index (κ3) is 7.60. The summed E-state index contributed by atoms with van der Waals surface area (Å²) in [6.45, 7) is 21.6. The Hall–Kier alpha value is -2.92. The van der Waals surface area contributed by atoms with E-state index in [2.05, 4.69) is 73.0 Å². The number of methoxy groups -OCH3 is 1. The quantitative estimate of drug-likeness (QED) is 0.151. The lowest BCUT2D eigenvalue weighted by Gasteiger charge is -2.40. The van der Waals surface area contributed by atoms with Crippen LogP contribution in [0.15, 0.2) is 48.5 Å². The zero-order valence-corrected chi connectivity index (χ0v) is 27.4. The molecule has 2 aromatic carbocycles. The molecule has 0 spiro atoms. The van der Waals surface area contributed by atoms with E-state index in [1.165, 1.54) is 7.11 Å². The van der Waals surface area contributed by atoms with Crippen LogP contribution in [0.1, 0.15) is 57.5 Å². The van der Waals surface area contributed by atoms with Crippen LogP contribution < -0.4 is 14.2 Å². The Morgan fingerprint density at radius 2 is 1.33 bits per heavy atom. The molecule has 1 atom stereocenters. The van der Waals surface area contributed by atoms with E-state index in [0.29, 0.717) is 28.9 Å². The fraction of sp³-hybridized carbons (Fsp3) is 0.500. The number of carbonyl (C=O) groups excluding carboxylic acids is 3. The zero-order valence-electron chi connectivity index (χ0n) is 25.4. The van der Waals surface area contributed by atoms with E-state index in [0.717, 1.165) is 0 Å². The van der Waals surface area contributed by atoms with E-state index in [-0.39, 0.29) is 16.5 Å². The SMILES string of the molecule is COC(=O)[C@](C=O)(Cc1ccc(O[Si](C)(C)C(C)(C)C)c(O[Si](C)(C)C(C)(C)C)c1)NC(=O)c1ccccc1. The lowest BCUT2D eigenvalue weighted by Crippen LogP contribution is -2.58. The first-order chi connectivity index (χ1) is 17.8. The highest BCUT2D eigenvalue weighted by molar-refractivity contribution is 6.75. The predicted molar refractivity (Wildman–Crippen MR) is 161 cm³/mol. The van der Waals surface area contributed by atoms with Gasteiger partial charge in [0.1, 0.15) is 11.5 Å². The largest absolute Gasteiger partial charge is 0.541 e. The molecule has 0 radical (unpaired) electrons. The van der Waals surface area contributed by atoms with Crippen LogP contribution in [0, 0.1) is 0 Å². The first-order valence-corrected chi connectivity index (χ1v) is 19.0. The highest BCUT2D eigenvalue weighted by Gasteiger charge is 2.44. The minimum atomic E-state index is -2.28. The average Bonchev–Trinajstić information content (AvgIpc) is 2.83. The van der Waals surface area contributed by atoms with Crippen LogP contribution in [0.25, 0.3) is 0 Å². The molecule has 0 saturated heterocycles. The molecule has 2 rings (SSSR count). The lowest BCUT2D eigenvalue weighted by molar-refractivity contribution is -0.149. The Morgan fingerprint density at radius 1 is 0.821 bits per heavy atom. The second-order valence-corrected chi connectivity index (χ2v) is 22.5. The van der Waals surface area contributed by atoms with Crippen LogP contribution >= 0.6 is 0 Å². The molecule has 9 heteroatoms. The van der Waals surface area contributed by atoms with Gasteiger partial charge in [-0.15, -0.1) is 0 Å². The number of hydrogen-bond donors (Lipinski definition) is 1. The number of carbonyl (C=O) groups is 3. The summed E-state index contributed by atoms with van der Waals surface area (Å²) in [4.78, 5) is 38.4. The normalized spacial score (nSPS) is 14.1. The minimum Gasteiger partial charge on any atom is -0.541 e. The van der Waals surface area contributed by atoms with Crippen molar-refractivity contribution < 1.29 is 28.0 Å². The first kappa shape index (κ1) is 32.3. The maximum atomic E-state index is 13.0. The van der Waals surface area contributed by atoms with Crippen molar-refractivity contribution >= 4 is 34.8 Å². The van der Waals surface area contributed by atoms with Crippen molar-refractivity contribution in [1.29, 1.82) is 0 Å². The fourth-order valence-electron chi connectivity index (χ4n) is 3.34. The zero-order chi connectivity index (χ0) is 29.9. The van der Waals surface area contributed by atoms with E-state index in [1.807, 2.05) is 12.1 Å². The monoisotopic (exact) mass is 571 g/mol. The van der Waals surface area contributed by atoms with E-state index >= 15 is 0 Å². The molecule has 0 aliphatic rings. The van der Waals surface area contributed by atoms with Gasteiger partial charge in [-0.2, -0.15) is 0 Å². The maximum Gasteiger partial charge on any atom is 0.339 e. The van der Waals surface area contributed by atoms with E-state index < -0.39 is 34.1 Å². The summed E-state index contributed by atoms with van der Waals surface area (Å²) in [5.74, 6) is -0.194. The predicted octanol–water partition coefficient (Wildman–Crippen LogP) is 6.54. The molecular formula is C30H45NO6Si2. The van der Waals surface area contributed by atoms with Gasteiger partial charge in [-0.3, -0.25) is 4.79 Å².